The van der Waals surface area contributed by atoms with Gasteiger partial charge in [0.2, 0.25) is 0 Å². The maximum Gasteiger partial charge on any atom is 0.335 e. The van der Waals surface area contributed by atoms with Gasteiger partial charge in [0.1, 0.15) is 0 Å². The van der Waals surface area contributed by atoms with Crippen LogP contribution in [0.4, 0.5) is 34.1 Å². The molecule has 0 atom stereocenters. The number of carboxylic acids is 4. The van der Waals surface area contributed by atoms with Crippen molar-refractivity contribution >= 4 is 69.8 Å². The Kier molecular flexibility index (Phi) is 15.0. The molecule has 334 valence electrons. The van der Waals surface area contributed by atoms with Crippen LogP contribution in [0.2, 0.25) is 0 Å². The van der Waals surface area contributed by atoms with Crippen molar-refractivity contribution in [3.05, 3.63) is 189 Å². The largest absolute Gasteiger partial charge is 0.478 e. The highest BCUT2D eigenvalue weighted by Gasteiger charge is 2.20. The van der Waals surface area contributed by atoms with Crippen LogP contribution in [0.15, 0.2) is 156 Å². The predicted octanol–water partition coefficient (Wildman–Crippen LogP) is 8.28. The summed E-state index contributed by atoms with van der Waals surface area (Å²) in [7, 11) is 0. The zero-order valence-corrected chi connectivity index (χ0v) is 34.8. The SMILES string of the molecule is O=NC(=O)c1ccc(N(CCN(CCN(c2ccc(C(=O)O)cc2)c2ccc(C(=O)O)cc2)c2ccc(C(=O)O)cc2)CCN(c2ccc(C(=O)O)cc2)c2ccc(C(=O)N=O)cc2)cc1. The van der Waals surface area contributed by atoms with Gasteiger partial charge in [-0.15, -0.1) is 9.81 Å². The van der Waals surface area contributed by atoms with Gasteiger partial charge in [0, 0.05) is 94.9 Å². The molecule has 0 spiro atoms. The minimum Gasteiger partial charge on any atom is -0.478 e. The topological polar surface area (TPSA) is 255 Å². The molecule has 0 aliphatic heterocycles. The highest BCUT2D eigenvalue weighted by Crippen LogP contribution is 2.29. The average molecular weight is 893 g/mol. The summed E-state index contributed by atoms with van der Waals surface area (Å²) in [5.41, 5.74) is 4.10. The number of aromatic carboxylic acids is 4. The fourth-order valence-electron chi connectivity index (χ4n) is 7.11. The molecule has 0 bridgehead atoms. The molecule has 0 aliphatic carbocycles. The molecule has 6 rings (SSSR count). The van der Waals surface area contributed by atoms with Gasteiger partial charge in [0.15, 0.2) is 0 Å². The fraction of sp³-hybridized carbons (Fsp3) is 0.125. The number of hydrogen-bond donors (Lipinski definition) is 4. The molecule has 0 heterocycles. The third-order valence-electron chi connectivity index (χ3n) is 10.7. The first kappa shape index (κ1) is 46.4. The van der Waals surface area contributed by atoms with E-state index in [0.717, 1.165) is 0 Å². The summed E-state index contributed by atoms with van der Waals surface area (Å²) < 4.78 is 0. The Morgan fingerprint density at radius 1 is 0.303 bits per heavy atom. The Balaban J connectivity index is 1.35. The summed E-state index contributed by atoms with van der Waals surface area (Å²) in [4.78, 5) is 101. The summed E-state index contributed by atoms with van der Waals surface area (Å²) in [6, 6.07) is 37.3. The van der Waals surface area contributed by atoms with Gasteiger partial charge in [-0.2, -0.15) is 0 Å². The van der Waals surface area contributed by atoms with Crippen molar-refractivity contribution in [1.29, 1.82) is 0 Å². The van der Waals surface area contributed by atoms with Gasteiger partial charge < -0.3 is 40.0 Å². The van der Waals surface area contributed by atoms with Crippen LogP contribution < -0.4 is 19.6 Å². The Bertz CT molecular complexity index is 2670. The lowest BCUT2D eigenvalue weighted by atomic mass is 10.1. The average Bonchev–Trinajstić information content (AvgIpc) is 3.34. The van der Waals surface area contributed by atoms with Crippen molar-refractivity contribution in [2.45, 2.75) is 0 Å². The van der Waals surface area contributed by atoms with Crippen LogP contribution in [0.1, 0.15) is 62.1 Å². The fourth-order valence-corrected chi connectivity index (χ4v) is 7.11. The monoisotopic (exact) mass is 892 g/mol. The van der Waals surface area contributed by atoms with Gasteiger partial charge in [0.05, 0.1) is 22.3 Å². The van der Waals surface area contributed by atoms with Gasteiger partial charge in [-0.1, -0.05) is 0 Å². The molecule has 66 heavy (non-hydrogen) atoms. The van der Waals surface area contributed by atoms with Gasteiger partial charge in [-0.25, -0.2) is 19.2 Å². The van der Waals surface area contributed by atoms with E-state index >= 15 is 0 Å². The van der Waals surface area contributed by atoms with E-state index in [0.29, 0.717) is 53.8 Å². The number of carboxylic acid groups (broad SMARTS) is 4. The maximum atomic E-state index is 12.2. The van der Waals surface area contributed by atoms with Crippen LogP contribution in [-0.2, 0) is 0 Å². The molecule has 0 saturated carbocycles. The second kappa shape index (κ2) is 21.3. The third kappa shape index (κ3) is 11.5. The van der Waals surface area contributed by atoms with E-state index in [1.807, 2.05) is 19.6 Å². The lowest BCUT2D eigenvalue weighted by Gasteiger charge is -2.34. The van der Waals surface area contributed by atoms with E-state index < -0.39 is 35.7 Å². The van der Waals surface area contributed by atoms with E-state index in [1.54, 1.807) is 72.8 Å². The van der Waals surface area contributed by atoms with E-state index in [-0.39, 0.29) is 53.0 Å². The van der Waals surface area contributed by atoms with Crippen LogP contribution in [0.3, 0.4) is 0 Å². The van der Waals surface area contributed by atoms with E-state index in [9.17, 15) is 59.0 Å². The zero-order chi connectivity index (χ0) is 47.3. The van der Waals surface area contributed by atoms with Gasteiger partial charge in [0.25, 0.3) is 0 Å². The molecular formula is C48H40N6O12. The number of rotatable bonds is 21. The number of amides is 2. The Morgan fingerprint density at radius 2 is 0.500 bits per heavy atom. The normalized spacial score (nSPS) is 10.6. The van der Waals surface area contributed by atoms with E-state index in [1.165, 1.54) is 72.8 Å². The van der Waals surface area contributed by atoms with Crippen molar-refractivity contribution in [3.8, 4) is 0 Å². The van der Waals surface area contributed by atoms with Gasteiger partial charge in [-0.05, 0) is 146 Å². The predicted molar refractivity (Wildman–Crippen MR) is 245 cm³/mol. The minimum atomic E-state index is -1.12. The maximum absolute atomic E-state index is 12.2. The van der Waals surface area contributed by atoms with Crippen LogP contribution in [0.5, 0.6) is 0 Å². The quantitative estimate of drug-likeness (QED) is 0.0496. The first-order chi connectivity index (χ1) is 31.8. The van der Waals surface area contributed by atoms with Gasteiger partial charge >= 0.3 is 35.7 Å². The highest BCUT2D eigenvalue weighted by molar-refractivity contribution is 5.96. The van der Waals surface area contributed by atoms with Crippen molar-refractivity contribution in [2.24, 2.45) is 10.4 Å². The smallest absolute Gasteiger partial charge is 0.335 e. The molecule has 0 aromatic heterocycles. The number of hydrogen-bond acceptors (Lipinski definition) is 12. The Hall–Kier alpha value is -9.06. The number of nitroso groups, excluding NO2 is 2. The number of carbonyl (C=O) groups is 6. The molecule has 0 saturated heterocycles. The molecule has 18 nitrogen and oxygen atoms in total. The molecule has 4 N–H and O–H groups in total. The lowest BCUT2D eigenvalue weighted by molar-refractivity contribution is 0.0686. The molecule has 6 aromatic rings. The first-order valence-electron chi connectivity index (χ1n) is 20.1. The summed E-state index contributed by atoms with van der Waals surface area (Å²) in [6.45, 7) is 1.69. The Morgan fingerprint density at radius 3 is 0.712 bits per heavy atom. The van der Waals surface area contributed by atoms with Crippen LogP contribution in [0, 0.1) is 9.81 Å². The molecule has 0 unspecified atom stereocenters. The highest BCUT2D eigenvalue weighted by atomic mass is 16.4. The van der Waals surface area contributed by atoms with E-state index in [4.69, 9.17) is 0 Å². The number of carbonyl (C=O) groups excluding carboxylic acids is 2. The van der Waals surface area contributed by atoms with Crippen molar-refractivity contribution < 1.29 is 49.2 Å². The first-order valence-corrected chi connectivity index (χ1v) is 20.1. The summed E-state index contributed by atoms with van der Waals surface area (Å²) in [5.74, 6) is -6.35. The van der Waals surface area contributed by atoms with Gasteiger partial charge in [-0.3, -0.25) is 9.59 Å². The molecule has 0 radical (unpaired) electrons. The summed E-state index contributed by atoms with van der Waals surface area (Å²) in [5, 5.41) is 43.4. The molecule has 0 aliphatic rings. The second-order valence-corrected chi connectivity index (χ2v) is 14.6. The number of benzene rings is 6. The molecular weight excluding hydrogens is 853 g/mol. The molecule has 6 aromatic carbocycles. The molecule has 18 heteroatoms. The summed E-state index contributed by atoms with van der Waals surface area (Å²) in [6.07, 6.45) is 0. The Labute approximate surface area is 376 Å². The van der Waals surface area contributed by atoms with Crippen LogP contribution in [0.25, 0.3) is 0 Å². The second-order valence-electron chi connectivity index (χ2n) is 14.6. The molecule has 0 fully saturated rings. The van der Waals surface area contributed by atoms with E-state index in [2.05, 4.69) is 10.4 Å². The van der Waals surface area contributed by atoms with Crippen molar-refractivity contribution in [3.63, 3.8) is 0 Å². The standard InChI is InChI=1S/C48H40N6O12/c55-43(49-65)31-1-13-37(14-2-31)51(27-29-53(40-19-7-34(8-20-40)46(59)60)39-17-3-32(4-18-39)44(56)50-66)25-26-52(38-15-5-33(6-16-38)45(57)58)28-30-54(41-21-9-35(10-22-41)47(61)62)42-23-11-36(12-24-42)48(63)64/h1-24H,25-30H2,(H,57,58)(H,59,60)(H,61,62)(H,63,64). The number of nitrogens with zero attached hydrogens (tertiary/aromatic N) is 6. The van der Waals surface area contributed by atoms with Crippen molar-refractivity contribution in [1.82, 2.24) is 0 Å². The zero-order valence-electron chi connectivity index (χ0n) is 34.8. The van der Waals surface area contributed by atoms with Crippen LogP contribution in [-0.4, -0.2) is 95.4 Å². The minimum absolute atomic E-state index is 0.0578. The van der Waals surface area contributed by atoms with Crippen molar-refractivity contribution in [2.75, 3.05) is 58.9 Å². The summed E-state index contributed by atoms with van der Waals surface area (Å²) >= 11 is 0. The third-order valence-corrected chi connectivity index (χ3v) is 10.7. The lowest BCUT2D eigenvalue weighted by Crippen LogP contribution is -2.41. The number of anilines is 6. The molecule has 2 amide bonds. The van der Waals surface area contributed by atoms with Crippen LogP contribution >= 0.6 is 0 Å².